The van der Waals surface area contributed by atoms with Crippen LogP contribution in [0.25, 0.3) is 0 Å². The molecule has 0 radical (unpaired) electrons. The summed E-state index contributed by atoms with van der Waals surface area (Å²) in [6.07, 6.45) is 1.25. The number of aryl methyl sites for hydroxylation is 1. The van der Waals surface area contributed by atoms with Crippen molar-refractivity contribution >= 4 is 17.7 Å². The quantitative estimate of drug-likeness (QED) is 0.850. The van der Waals surface area contributed by atoms with Crippen molar-refractivity contribution in [2.75, 3.05) is 31.9 Å². The van der Waals surface area contributed by atoms with Gasteiger partial charge in [-0.15, -0.1) is 0 Å². The van der Waals surface area contributed by atoms with Crippen LogP contribution in [0.1, 0.15) is 36.8 Å². The summed E-state index contributed by atoms with van der Waals surface area (Å²) < 4.78 is 5.34. The minimum absolute atomic E-state index is 0.166. The van der Waals surface area contributed by atoms with Crippen LogP contribution < -0.4 is 5.73 Å². The Morgan fingerprint density at radius 1 is 1.17 bits per heavy atom. The van der Waals surface area contributed by atoms with Crippen LogP contribution in [0, 0.1) is 6.92 Å². The molecule has 23 heavy (non-hydrogen) atoms. The lowest BCUT2D eigenvalue weighted by Crippen LogP contribution is -2.51. The van der Waals surface area contributed by atoms with Crippen molar-refractivity contribution in [1.82, 2.24) is 14.8 Å². The maximum Gasteiger partial charge on any atom is 0.410 e. The highest BCUT2D eigenvalue weighted by molar-refractivity contribution is 5.93. The van der Waals surface area contributed by atoms with Gasteiger partial charge in [0, 0.05) is 38.1 Å². The first-order chi connectivity index (χ1) is 10.7. The second kappa shape index (κ2) is 6.44. The Morgan fingerprint density at radius 3 is 2.26 bits per heavy atom. The number of hydrogen-bond donors (Lipinski definition) is 1. The Morgan fingerprint density at radius 2 is 1.74 bits per heavy atom. The SMILES string of the molecule is Cc1cnc(C(=O)N2CCN(C(=O)OC(C)(C)C)CC2)cc1N. The predicted molar refractivity (Wildman–Crippen MR) is 87.1 cm³/mol. The number of carbonyl (C=O) groups excluding carboxylic acids is 2. The molecule has 2 N–H and O–H groups in total. The average molecular weight is 320 g/mol. The molecule has 0 saturated carbocycles. The number of pyridine rings is 1. The van der Waals surface area contributed by atoms with Crippen molar-refractivity contribution in [3.05, 3.63) is 23.5 Å². The monoisotopic (exact) mass is 320 g/mol. The zero-order chi connectivity index (χ0) is 17.2. The number of hydrogen-bond acceptors (Lipinski definition) is 5. The molecule has 0 aromatic carbocycles. The molecule has 1 fully saturated rings. The molecule has 7 heteroatoms. The smallest absolute Gasteiger partial charge is 0.410 e. The minimum Gasteiger partial charge on any atom is -0.444 e. The molecule has 1 aliphatic rings. The summed E-state index contributed by atoms with van der Waals surface area (Å²) in [7, 11) is 0. The number of anilines is 1. The third-order valence-electron chi connectivity index (χ3n) is 3.58. The number of carbonyl (C=O) groups is 2. The van der Waals surface area contributed by atoms with Crippen molar-refractivity contribution in [3.63, 3.8) is 0 Å². The number of nitrogen functional groups attached to an aromatic ring is 1. The third-order valence-corrected chi connectivity index (χ3v) is 3.58. The normalized spacial score (nSPS) is 15.5. The Kier molecular flexibility index (Phi) is 4.77. The van der Waals surface area contributed by atoms with Gasteiger partial charge in [-0.25, -0.2) is 4.79 Å². The van der Waals surface area contributed by atoms with E-state index in [0.717, 1.165) is 5.56 Å². The number of nitrogens with zero attached hydrogens (tertiary/aromatic N) is 3. The maximum absolute atomic E-state index is 12.4. The van der Waals surface area contributed by atoms with E-state index in [-0.39, 0.29) is 12.0 Å². The molecular weight excluding hydrogens is 296 g/mol. The highest BCUT2D eigenvalue weighted by Gasteiger charge is 2.28. The fourth-order valence-electron chi connectivity index (χ4n) is 2.24. The summed E-state index contributed by atoms with van der Waals surface area (Å²) in [6, 6.07) is 1.60. The Labute approximate surface area is 136 Å². The fraction of sp³-hybridized carbons (Fsp3) is 0.562. The van der Waals surface area contributed by atoms with E-state index in [9.17, 15) is 9.59 Å². The summed E-state index contributed by atoms with van der Waals surface area (Å²) in [5, 5.41) is 0. The lowest BCUT2D eigenvalue weighted by molar-refractivity contribution is 0.0140. The van der Waals surface area contributed by atoms with E-state index < -0.39 is 5.60 Å². The molecule has 1 saturated heterocycles. The van der Waals surface area contributed by atoms with Crippen molar-refractivity contribution in [2.24, 2.45) is 0 Å². The van der Waals surface area contributed by atoms with E-state index in [1.165, 1.54) is 0 Å². The summed E-state index contributed by atoms with van der Waals surface area (Å²) in [6.45, 7) is 9.13. The number of piperazine rings is 1. The van der Waals surface area contributed by atoms with E-state index in [1.54, 1.807) is 22.1 Å². The van der Waals surface area contributed by atoms with Crippen LogP contribution in [0.5, 0.6) is 0 Å². The van der Waals surface area contributed by atoms with Crippen LogP contribution in [-0.2, 0) is 4.74 Å². The van der Waals surface area contributed by atoms with Crippen LogP contribution in [-0.4, -0.2) is 58.6 Å². The molecule has 0 unspecified atom stereocenters. The standard InChI is InChI=1S/C16H24N4O3/c1-11-10-18-13(9-12(11)17)14(21)19-5-7-20(8-6-19)15(22)23-16(2,3)4/h9-10H,5-8H2,1-4H3,(H2,17,18). The molecular formula is C16H24N4O3. The molecule has 0 spiro atoms. The highest BCUT2D eigenvalue weighted by Crippen LogP contribution is 2.15. The van der Waals surface area contributed by atoms with E-state index in [0.29, 0.717) is 37.6 Å². The summed E-state index contributed by atoms with van der Waals surface area (Å²) in [5.74, 6) is -0.166. The number of nitrogens with two attached hydrogens (primary N) is 1. The van der Waals surface area contributed by atoms with E-state index in [1.807, 2.05) is 27.7 Å². The lowest BCUT2D eigenvalue weighted by atomic mass is 10.2. The predicted octanol–water partition coefficient (Wildman–Crippen LogP) is 1.67. The maximum atomic E-state index is 12.4. The van der Waals surface area contributed by atoms with Crippen molar-refractivity contribution in [1.29, 1.82) is 0 Å². The number of aromatic nitrogens is 1. The molecule has 126 valence electrons. The minimum atomic E-state index is -0.520. The molecule has 1 aliphatic heterocycles. The number of ether oxygens (including phenoxy) is 1. The van der Waals surface area contributed by atoms with Gasteiger partial charge in [0.15, 0.2) is 0 Å². The zero-order valence-electron chi connectivity index (χ0n) is 14.1. The third kappa shape index (κ3) is 4.34. The summed E-state index contributed by atoms with van der Waals surface area (Å²) in [4.78, 5) is 31.9. The van der Waals surface area contributed by atoms with Gasteiger partial charge < -0.3 is 20.3 Å². The topological polar surface area (TPSA) is 88.8 Å². The number of amides is 2. The van der Waals surface area contributed by atoms with Gasteiger partial charge in [-0.1, -0.05) is 0 Å². The summed E-state index contributed by atoms with van der Waals surface area (Å²) in [5.41, 5.74) is 7.04. The van der Waals surface area contributed by atoms with Gasteiger partial charge in [-0.2, -0.15) is 0 Å². The van der Waals surface area contributed by atoms with Crippen LogP contribution in [0.3, 0.4) is 0 Å². The lowest BCUT2D eigenvalue weighted by Gasteiger charge is -2.35. The van der Waals surface area contributed by atoms with Crippen LogP contribution in [0.2, 0.25) is 0 Å². The second-order valence-corrected chi connectivity index (χ2v) is 6.69. The first-order valence-electron chi connectivity index (χ1n) is 7.67. The van der Waals surface area contributed by atoms with E-state index >= 15 is 0 Å². The van der Waals surface area contributed by atoms with E-state index in [4.69, 9.17) is 10.5 Å². The molecule has 2 heterocycles. The Bertz CT molecular complexity index is 602. The first-order valence-corrected chi connectivity index (χ1v) is 7.67. The van der Waals surface area contributed by atoms with Gasteiger partial charge >= 0.3 is 6.09 Å². The summed E-state index contributed by atoms with van der Waals surface area (Å²) >= 11 is 0. The molecule has 0 atom stereocenters. The molecule has 2 amide bonds. The molecule has 0 bridgehead atoms. The average Bonchev–Trinajstić information content (AvgIpc) is 2.48. The second-order valence-electron chi connectivity index (χ2n) is 6.69. The first kappa shape index (κ1) is 17.1. The van der Waals surface area contributed by atoms with Gasteiger partial charge in [-0.05, 0) is 39.3 Å². The number of rotatable bonds is 1. The Balaban J connectivity index is 1.94. The van der Waals surface area contributed by atoms with E-state index in [2.05, 4.69) is 4.98 Å². The largest absolute Gasteiger partial charge is 0.444 e. The molecule has 1 aromatic rings. The van der Waals surface area contributed by atoms with Gasteiger partial charge in [0.25, 0.3) is 5.91 Å². The fourth-order valence-corrected chi connectivity index (χ4v) is 2.24. The molecule has 0 aliphatic carbocycles. The highest BCUT2D eigenvalue weighted by atomic mass is 16.6. The van der Waals surface area contributed by atoms with Gasteiger partial charge in [0.2, 0.25) is 0 Å². The molecule has 1 aromatic heterocycles. The molecule has 2 rings (SSSR count). The zero-order valence-corrected chi connectivity index (χ0v) is 14.1. The van der Waals surface area contributed by atoms with Crippen molar-refractivity contribution in [2.45, 2.75) is 33.3 Å². The van der Waals surface area contributed by atoms with Gasteiger partial charge in [0.1, 0.15) is 11.3 Å². The van der Waals surface area contributed by atoms with Crippen molar-refractivity contribution in [3.8, 4) is 0 Å². The van der Waals surface area contributed by atoms with Gasteiger partial charge in [0.05, 0.1) is 0 Å². The van der Waals surface area contributed by atoms with Gasteiger partial charge in [-0.3, -0.25) is 9.78 Å². The Hall–Kier alpha value is -2.31. The van der Waals surface area contributed by atoms with Crippen LogP contribution in [0.4, 0.5) is 10.5 Å². The van der Waals surface area contributed by atoms with Crippen LogP contribution in [0.15, 0.2) is 12.3 Å². The van der Waals surface area contributed by atoms with Crippen molar-refractivity contribution < 1.29 is 14.3 Å². The van der Waals surface area contributed by atoms with Crippen LogP contribution >= 0.6 is 0 Å². The molecule has 7 nitrogen and oxygen atoms in total.